The van der Waals surface area contributed by atoms with Crippen LogP contribution in [0.25, 0.3) is 0 Å². The maximum atomic E-state index is 12.0. The molecule has 0 heterocycles. The van der Waals surface area contributed by atoms with Crippen molar-refractivity contribution in [2.45, 2.75) is 18.0 Å². The van der Waals surface area contributed by atoms with Gasteiger partial charge in [-0.1, -0.05) is 0 Å². The average Bonchev–Trinajstić information content (AvgIpc) is 1.81. The molecule has 2 unspecified atom stereocenters. The molecule has 2 atom stereocenters. The summed E-state index contributed by atoms with van der Waals surface area (Å²) in [5.41, 5.74) is 0.360. The van der Waals surface area contributed by atoms with Crippen molar-refractivity contribution in [3.63, 3.8) is 0 Å². The van der Waals surface area contributed by atoms with E-state index in [4.69, 9.17) is 11.6 Å². The molecule has 1 rings (SSSR count). The van der Waals surface area contributed by atoms with Crippen LogP contribution in [-0.4, -0.2) is 17.5 Å². The van der Waals surface area contributed by atoms with Gasteiger partial charge in [0.05, 0.1) is 5.38 Å². The van der Waals surface area contributed by atoms with Crippen LogP contribution in [0.2, 0.25) is 0 Å². The summed E-state index contributed by atoms with van der Waals surface area (Å²) in [4.78, 5) is 9.73. The Labute approximate surface area is 51.1 Å². The van der Waals surface area contributed by atoms with Crippen LogP contribution in [0.3, 0.4) is 0 Å². The number of hydrogen-bond acceptors (Lipinski definition) is 1. The van der Waals surface area contributed by atoms with Gasteiger partial charge in [0.25, 0.3) is 0 Å². The molecular formula is C5H4ClFO. The first-order valence-electron chi connectivity index (χ1n) is 2.27. The summed E-state index contributed by atoms with van der Waals surface area (Å²) in [7, 11) is 0. The van der Waals surface area contributed by atoms with Gasteiger partial charge in [-0.05, 0) is 0 Å². The fraction of sp³-hybridized carbons (Fsp3) is 0.600. The van der Waals surface area contributed by atoms with Crippen LogP contribution in [0.4, 0.5) is 4.39 Å². The van der Waals surface area contributed by atoms with Gasteiger partial charge in [0, 0.05) is 12.0 Å². The quantitative estimate of drug-likeness (QED) is 0.358. The summed E-state index contributed by atoms with van der Waals surface area (Å²) >= 11 is 5.29. The Morgan fingerprint density at radius 1 is 1.88 bits per heavy atom. The third-order valence-corrected chi connectivity index (χ3v) is 1.73. The zero-order chi connectivity index (χ0) is 6.15. The second kappa shape index (κ2) is 1.88. The third kappa shape index (κ3) is 0.662. The number of hydrogen-bond donors (Lipinski definition) is 0. The predicted molar refractivity (Wildman–Crippen MR) is 28.4 cm³/mol. The van der Waals surface area contributed by atoms with Crippen LogP contribution in [0, 0.1) is 0 Å². The lowest BCUT2D eigenvalue weighted by Gasteiger charge is -2.24. The molecule has 0 aromatic carbocycles. The van der Waals surface area contributed by atoms with Gasteiger partial charge in [0.1, 0.15) is 12.1 Å². The largest absolute Gasteiger partial charge is 0.245 e. The van der Waals surface area contributed by atoms with Crippen molar-refractivity contribution in [2.75, 3.05) is 0 Å². The molecule has 0 N–H and O–H groups in total. The molecule has 1 nitrogen and oxygen atoms in total. The minimum atomic E-state index is -1.02. The van der Waals surface area contributed by atoms with Crippen molar-refractivity contribution >= 4 is 17.5 Å². The highest BCUT2D eigenvalue weighted by Gasteiger charge is 2.35. The third-order valence-electron chi connectivity index (χ3n) is 1.20. The first-order chi connectivity index (χ1) is 3.75. The highest BCUT2D eigenvalue weighted by atomic mass is 35.5. The molecule has 0 aromatic rings. The van der Waals surface area contributed by atoms with E-state index in [1.807, 2.05) is 0 Å². The SMILES string of the molecule is O=C=C1CC(F)C1Cl. The molecule has 3 heteroatoms. The van der Waals surface area contributed by atoms with E-state index in [1.165, 1.54) is 0 Å². The van der Waals surface area contributed by atoms with E-state index < -0.39 is 11.5 Å². The molecule has 0 aliphatic heterocycles. The number of halogens is 2. The Morgan fingerprint density at radius 3 is 2.62 bits per heavy atom. The Bertz CT molecular complexity index is 151. The lowest BCUT2D eigenvalue weighted by Crippen LogP contribution is -2.31. The van der Waals surface area contributed by atoms with Crippen LogP contribution in [-0.2, 0) is 4.79 Å². The lowest BCUT2D eigenvalue weighted by atomic mass is 9.91. The molecule has 0 aromatic heterocycles. The Hall–Kier alpha value is -0.330. The molecule has 1 saturated carbocycles. The maximum absolute atomic E-state index is 12.0. The van der Waals surface area contributed by atoms with Crippen molar-refractivity contribution in [3.05, 3.63) is 5.57 Å². The molecule has 0 saturated heterocycles. The average molecular weight is 135 g/mol. The van der Waals surface area contributed by atoms with Gasteiger partial charge in [0.2, 0.25) is 0 Å². The number of alkyl halides is 2. The molecule has 0 bridgehead atoms. The van der Waals surface area contributed by atoms with Crippen molar-refractivity contribution in [1.82, 2.24) is 0 Å². The highest BCUT2D eigenvalue weighted by molar-refractivity contribution is 6.24. The van der Waals surface area contributed by atoms with Crippen LogP contribution >= 0.6 is 11.6 Å². The van der Waals surface area contributed by atoms with E-state index in [0.717, 1.165) is 0 Å². The molecular weight excluding hydrogens is 131 g/mol. The topological polar surface area (TPSA) is 17.1 Å². The highest BCUT2D eigenvalue weighted by Crippen LogP contribution is 2.32. The molecule has 0 spiro atoms. The van der Waals surface area contributed by atoms with E-state index in [0.29, 0.717) is 5.57 Å². The summed E-state index contributed by atoms with van der Waals surface area (Å²) in [6.45, 7) is 0. The van der Waals surface area contributed by atoms with E-state index in [-0.39, 0.29) is 6.42 Å². The summed E-state index contributed by atoms with van der Waals surface area (Å²) in [5, 5.41) is -0.688. The fourth-order valence-electron chi connectivity index (χ4n) is 0.582. The van der Waals surface area contributed by atoms with Crippen molar-refractivity contribution < 1.29 is 9.18 Å². The van der Waals surface area contributed by atoms with E-state index in [9.17, 15) is 9.18 Å². The first kappa shape index (κ1) is 5.80. The zero-order valence-electron chi connectivity index (χ0n) is 4.03. The minimum Gasteiger partial charge on any atom is -0.245 e. The summed E-state index contributed by atoms with van der Waals surface area (Å²) in [6.07, 6.45) is -0.842. The van der Waals surface area contributed by atoms with Crippen molar-refractivity contribution in [1.29, 1.82) is 0 Å². The fourth-order valence-corrected chi connectivity index (χ4v) is 0.805. The molecule has 1 fully saturated rings. The molecule has 1 aliphatic rings. The van der Waals surface area contributed by atoms with Gasteiger partial charge in [-0.3, -0.25) is 0 Å². The molecule has 44 valence electrons. The van der Waals surface area contributed by atoms with Crippen molar-refractivity contribution in [3.8, 4) is 0 Å². The monoisotopic (exact) mass is 134 g/mol. The van der Waals surface area contributed by atoms with Crippen LogP contribution in [0.5, 0.6) is 0 Å². The first-order valence-corrected chi connectivity index (χ1v) is 2.71. The molecule has 1 aliphatic carbocycles. The summed E-state index contributed by atoms with van der Waals surface area (Å²) < 4.78 is 12.0. The smallest absolute Gasteiger partial charge is 0.125 e. The number of carbonyl (C=O) groups excluding carboxylic acids is 1. The predicted octanol–water partition coefficient (Wildman–Crippen LogP) is 1.09. The van der Waals surface area contributed by atoms with Crippen LogP contribution < -0.4 is 0 Å². The number of rotatable bonds is 0. The second-order valence-electron chi connectivity index (χ2n) is 1.75. The van der Waals surface area contributed by atoms with E-state index >= 15 is 0 Å². The lowest BCUT2D eigenvalue weighted by molar-refractivity contribution is 0.279. The molecule has 0 radical (unpaired) electrons. The van der Waals surface area contributed by atoms with E-state index in [2.05, 4.69) is 0 Å². The Kier molecular flexibility index (Phi) is 1.37. The van der Waals surface area contributed by atoms with Gasteiger partial charge >= 0.3 is 0 Å². The van der Waals surface area contributed by atoms with Crippen molar-refractivity contribution in [2.24, 2.45) is 0 Å². The van der Waals surface area contributed by atoms with Crippen LogP contribution in [0.15, 0.2) is 5.57 Å². The van der Waals surface area contributed by atoms with Gasteiger partial charge in [0.15, 0.2) is 0 Å². The standard InChI is InChI=1S/C5H4ClFO/c6-5-3(2-8)1-4(5)7/h4-5H,1H2. The maximum Gasteiger partial charge on any atom is 0.125 e. The van der Waals surface area contributed by atoms with Gasteiger partial charge < -0.3 is 0 Å². The Morgan fingerprint density at radius 2 is 2.50 bits per heavy atom. The molecule has 0 amide bonds. The van der Waals surface area contributed by atoms with E-state index in [1.54, 1.807) is 5.94 Å². The summed E-state index contributed by atoms with van der Waals surface area (Å²) in [5.74, 6) is 1.58. The Balaban J connectivity index is 2.60. The van der Waals surface area contributed by atoms with Gasteiger partial charge in [-0.15, -0.1) is 11.6 Å². The normalized spacial score (nSPS) is 36.0. The van der Waals surface area contributed by atoms with Gasteiger partial charge in [-0.25, -0.2) is 9.18 Å². The van der Waals surface area contributed by atoms with Crippen LogP contribution in [0.1, 0.15) is 6.42 Å². The molecule has 8 heavy (non-hydrogen) atoms. The number of allylic oxidation sites excluding steroid dienone is 1. The van der Waals surface area contributed by atoms with Gasteiger partial charge in [-0.2, -0.15) is 0 Å². The summed E-state index contributed by atoms with van der Waals surface area (Å²) in [6, 6.07) is 0. The minimum absolute atomic E-state index is 0.178. The second-order valence-corrected chi connectivity index (χ2v) is 2.22. The zero-order valence-corrected chi connectivity index (χ0v) is 4.78.